The van der Waals surface area contributed by atoms with Gasteiger partial charge in [-0.3, -0.25) is 4.79 Å². The van der Waals surface area contributed by atoms with Crippen molar-refractivity contribution in [3.63, 3.8) is 0 Å². The number of rotatable bonds is 4. The minimum Gasteiger partial charge on any atom is -0.366 e. The van der Waals surface area contributed by atoms with Gasteiger partial charge in [0, 0.05) is 17.9 Å². The van der Waals surface area contributed by atoms with Crippen LogP contribution in [0.2, 0.25) is 0 Å². The maximum Gasteiger partial charge on any atom is 0.250 e. The summed E-state index contributed by atoms with van der Waals surface area (Å²) >= 11 is 0. The fraction of sp³-hybridized carbons (Fsp3) is 0.133. The van der Waals surface area contributed by atoms with Gasteiger partial charge < -0.3 is 10.3 Å². The summed E-state index contributed by atoms with van der Waals surface area (Å²) < 4.78 is 2.04. The van der Waals surface area contributed by atoms with E-state index >= 15 is 0 Å². The average Bonchev–Trinajstić information content (AvgIpc) is 2.69. The van der Waals surface area contributed by atoms with E-state index in [0.29, 0.717) is 12.1 Å². The second-order valence-corrected chi connectivity index (χ2v) is 4.16. The van der Waals surface area contributed by atoms with Crippen molar-refractivity contribution in [2.45, 2.75) is 13.5 Å². The zero-order valence-corrected chi connectivity index (χ0v) is 10.4. The van der Waals surface area contributed by atoms with Crippen LogP contribution in [0, 0.1) is 6.92 Å². The van der Waals surface area contributed by atoms with Gasteiger partial charge in [0.15, 0.2) is 0 Å². The lowest BCUT2D eigenvalue weighted by atomic mass is 10.1. The third-order valence-corrected chi connectivity index (χ3v) is 3.01. The van der Waals surface area contributed by atoms with Crippen LogP contribution in [-0.2, 0) is 6.54 Å². The number of nitrogens with zero attached hydrogens (tertiary/aromatic N) is 1. The summed E-state index contributed by atoms with van der Waals surface area (Å²) in [4.78, 5) is 11.4. The molecule has 0 unspecified atom stereocenters. The van der Waals surface area contributed by atoms with Crippen LogP contribution in [0.25, 0.3) is 11.3 Å². The monoisotopic (exact) mass is 240 g/mol. The van der Waals surface area contributed by atoms with E-state index < -0.39 is 5.91 Å². The van der Waals surface area contributed by atoms with Crippen molar-refractivity contribution in [3.05, 3.63) is 60.3 Å². The van der Waals surface area contributed by atoms with E-state index in [-0.39, 0.29) is 0 Å². The van der Waals surface area contributed by atoms with Gasteiger partial charge in [-0.15, -0.1) is 6.58 Å². The first kappa shape index (κ1) is 12.2. The van der Waals surface area contributed by atoms with Gasteiger partial charge in [0.25, 0.3) is 5.91 Å². The SMILES string of the molecule is C=CCn1c(-c2ccccc2)cc(C(N)=O)c1C. The molecule has 2 N–H and O–H groups in total. The second kappa shape index (κ2) is 4.92. The zero-order chi connectivity index (χ0) is 13.1. The quantitative estimate of drug-likeness (QED) is 0.821. The molecule has 1 amide bonds. The number of hydrogen-bond donors (Lipinski definition) is 1. The molecule has 0 aliphatic rings. The molecular formula is C15H16N2O. The smallest absolute Gasteiger partial charge is 0.250 e. The van der Waals surface area contributed by atoms with Crippen LogP contribution in [0.4, 0.5) is 0 Å². The molecule has 3 nitrogen and oxygen atoms in total. The van der Waals surface area contributed by atoms with Crippen LogP contribution in [0.3, 0.4) is 0 Å². The molecule has 0 saturated carbocycles. The highest BCUT2D eigenvalue weighted by atomic mass is 16.1. The predicted octanol–water partition coefficient (Wildman–Crippen LogP) is 2.75. The number of nitrogens with two attached hydrogens (primary N) is 1. The van der Waals surface area contributed by atoms with Gasteiger partial charge in [-0.1, -0.05) is 36.4 Å². The number of allylic oxidation sites excluding steroid dienone is 1. The first-order valence-electron chi connectivity index (χ1n) is 5.81. The minimum absolute atomic E-state index is 0.396. The molecule has 0 radical (unpaired) electrons. The van der Waals surface area contributed by atoms with E-state index in [0.717, 1.165) is 17.0 Å². The standard InChI is InChI=1S/C15H16N2O/c1-3-9-17-11(2)13(15(16)18)10-14(17)12-7-5-4-6-8-12/h3-8,10H,1,9H2,2H3,(H2,16,18). The Morgan fingerprint density at radius 2 is 2.06 bits per heavy atom. The Balaban J connectivity index is 2.62. The maximum absolute atomic E-state index is 11.4. The minimum atomic E-state index is -0.396. The molecule has 1 aromatic heterocycles. The van der Waals surface area contributed by atoms with E-state index in [1.165, 1.54) is 0 Å². The molecule has 1 heterocycles. The van der Waals surface area contributed by atoms with E-state index in [4.69, 9.17) is 5.73 Å². The molecule has 2 aromatic rings. The Morgan fingerprint density at radius 3 is 2.61 bits per heavy atom. The van der Waals surface area contributed by atoms with Gasteiger partial charge in [0.2, 0.25) is 0 Å². The molecular weight excluding hydrogens is 224 g/mol. The van der Waals surface area contributed by atoms with Crippen molar-refractivity contribution in [2.24, 2.45) is 5.73 Å². The van der Waals surface area contributed by atoms with Crippen molar-refractivity contribution < 1.29 is 4.79 Å². The van der Waals surface area contributed by atoms with Crippen LogP contribution in [0.1, 0.15) is 16.1 Å². The predicted molar refractivity (Wildman–Crippen MR) is 73.3 cm³/mol. The summed E-state index contributed by atoms with van der Waals surface area (Å²) in [5.41, 5.74) is 8.89. The van der Waals surface area contributed by atoms with E-state index in [9.17, 15) is 4.79 Å². The van der Waals surface area contributed by atoms with Crippen molar-refractivity contribution >= 4 is 5.91 Å². The highest BCUT2D eigenvalue weighted by molar-refractivity contribution is 5.95. The second-order valence-electron chi connectivity index (χ2n) is 4.16. The third kappa shape index (κ3) is 2.07. The van der Waals surface area contributed by atoms with Crippen LogP contribution in [0.15, 0.2) is 49.1 Å². The van der Waals surface area contributed by atoms with Crippen LogP contribution in [0.5, 0.6) is 0 Å². The molecule has 0 spiro atoms. The van der Waals surface area contributed by atoms with Crippen LogP contribution >= 0.6 is 0 Å². The van der Waals surface area contributed by atoms with Gasteiger partial charge in [0.1, 0.15) is 0 Å². The number of primary amides is 1. The van der Waals surface area contributed by atoms with E-state index in [1.54, 1.807) is 0 Å². The first-order valence-corrected chi connectivity index (χ1v) is 5.81. The topological polar surface area (TPSA) is 48.0 Å². The molecule has 2 rings (SSSR count). The number of amides is 1. The Kier molecular flexibility index (Phi) is 3.33. The van der Waals surface area contributed by atoms with Crippen molar-refractivity contribution in [3.8, 4) is 11.3 Å². The lowest BCUT2D eigenvalue weighted by Gasteiger charge is -2.09. The normalized spacial score (nSPS) is 10.3. The molecule has 92 valence electrons. The van der Waals surface area contributed by atoms with Crippen LogP contribution < -0.4 is 5.73 Å². The fourth-order valence-electron chi connectivity index (χ4n) is 2.11. The lowest BCUT2D eigenvalue weighted by molar-refractivity contribution is 0.0999. The number of carbonyl (C=O) groups excluding carboxylic acids is 1. The summed E-state index contributed by atoms with van der Waals surface area (Å²) in [5, 5.41) is 0. The molecule has 1 aromatic carbocycles. The van der Waals surface area contributed by atoms with Gasteiger partial charge in [-0.2, -0.15) is 0 Å². The summed E-state index contributed by atoms with van der Waals surface area (Å²) in [5.74, 6) is -0.396. The average molecular weight is 240 g/mol. The Morgan fingerprint density at radius 1 is 1.39 bits per heavy atom. The van der Waals surface area contributed by atoms with Crippen LogP contribution in [-0.4, -0.2) is 10.5 Å². The maximum atomic E-state index is 11.4. The van der Waals surface area contributed by atoms with Gasteiger partial charge in [-0.25, -0.2) is 0 Å². The molecule has 0 fully saturated rings. The molecule has 18 heavy (non-hydrogen) atoms. The Bertz CT molecular complexity index is 582. The lowest BCUT2D eigenvalue weighted by Crippen LogP contribution is -2.12. The highest BCUT2D eigenvalue weighted by Gasteiger charge is 2.15. The summed E-state index contributed by atoms with van der Waals surface area (Å²) in [6.07, 6.45) is 1.81. The summed E-state index contributed by atoms with van der Waals surface area (Å²) in [6.45, 7) is 6.30. The van der Waals surface area contributed by atoms with Gasteiger partial charge in [0.05, 0.1) is 5.56 Å². The van der Waals surface area contributed by atoms with Gasteiger partial charge in [-0.05, 0) is 18.6 Å². The highest BCUT2D eigenvalue weighted by Crippen LogP contribution is 2.25. The molecule has 0 atom stereocenters. The first-order chi connectivity index (χ1) is 8.65. The van der Waals surface area contributed by atoms with E-state index in [2.05, 4.69) is 6.58 Å². The molecule has 0 bridgehead atoms. The summed E-state index contributed by atoms with van der Waals surface area (Å²) in [7, 11) is 0. The summed E-state index contributed by atoms with van der Waals surface area (Å²) in [6, 6.07) is 11.8. The number of aromatic nitrogens is 1. The van der Waals surface area contributed by atoms with Gasteiger partial charge >= 0.3 is 0 Å². The molecule has 0 aliphatic heterocycles. The zero-order valence-electron chi connectivity index (χ0n) is 10.4. The Labute approximate surface area is 107 Å². The molecule has 3 heteroatoms. The fourth-order valence-corrected chi connectivity index (χ4v) is 2.11. The third-order valence-electron chi connectivity index (χ3n) is 3.01. The number of carbonyl (C=O) groups is 1. The molecule has 0 aliphatic carbocycles. The molecule has 0 saturated heterocycles. The number of hydrogen-bond acceptors (Lipinski definition) is 1. The Hall–Kier alpha value is -2.29. The van der Waals surface area contributed by atoms with E-state index in [1.807, 2.05) is 54.0 Å². The van der Waals surface area contributed by atoms with Crippen molar-refractivity contribution in [1.29, 1.82) is 0 Å². The largest absolute Gasteiger partial charge is 0.366 e. The van der Waals surface area contributed by atoms with Crippen molar-refractivity contribution in [1.82, 2.24) is 4.57 Å². The van der Waals surface area contributed by atoms with Crippen molar-refractivity contribution in [2.75, 3.05) is 0 Å². The number of benzene rings is 1.